The molecule has 0 heterocycles. The second-order valence-corrected chi connectivity index (χ2v) is 9.49. The number of hydrogen-bond donors (Lipinski definition) is 3. The zero-order chi connectivity index (χ0) is 26.0. The van der Waals surface area contributed by atoms with Crippen molar-refractivity contribution >= 4 is 18.0 Å². The van der Waals surface area contributed by atoms with Crippen LogP contribution in [0.1, 0.15) is 44.2 Å². The molecular weight excluding hydrogens is 465 g/mol. The van der Waals surface area contributed by atoms with Crippen LogP contribution < -0.4 is 10.6 Å². The highest BCUT2D eigenvalue weighted by molar-refractivity contribution is 5.89. The van der Waals surface area contributed by atoms with Crippen molar-refractivity contribution in [3.63, 3.8) is 0 Å². The van der Waals surface area contributed by atoms with Gasteiger partial charge in [0.1, 0.15) is 18.7 Å². The van der Waals surface area contributed by atoms with Crippen LogP contribution in [0.3, 0.4) is 0 Å². The standard InChI is InChI=1S/C25H27F3N2O5/c1-24(2,3)20(22(32)33)30-21(31)19(12-25(26,27)28)29-23(34)35-13-18-16-10-6-4-8-14(16)15-9-5-7-11-17(15)18/h4-11,18-20H,12-13H2,1-3H3,(H,29,34)(H,30,31)(H,32,33). The molecule has 0 bridgehead atoms. The zero-order valence-electron chi connectivity index (χ0n) is 19.5. The predicted molar refractivity (Wildman–Crippen MR) is 122 cm³/mol. The molecule has 2 aromatic rings. The molecule has 2 aromatic carbocycles. The van der Waals surface area contributed by atoms with Crippen LogP contribution in [0.25, 0.3) is 11.1 Å². The largest absolute Gasteiger partial charge is 0.480 e. The van der Waals surface area contributed by atoms with E-state index in [1.54, 1.807) is 0 Å². The lowest BCUT2D eigenvalue weighted by Crippen LogP contribution is -2.56. The first-order valence-electron chi connectivity index (χ1n) is 11.0. The monoisotopic (exact) mass is 492 g/mol. The highest BCUT2D eigenvalue weighted by Gasteiger charge is 2.40. The Morgan fingerprint density at radius 1 is 0.943 bits per heavy atom. The number of fused-ring (bicyclic) bond motifs is 3. The molecule has 35 heavy (non-hydrogen) atoms. The van der Waals surface area contributed by atoms with Gasteiger partial charge in [-0.2, -0.15) is 13.2 Å². The maximum atomic E-state index is 13.1. The fraction of sp³-hybridized carbons (Fsp3) is 0.400. The van der Waals surface area contributed by atoms with Gasteiger partial charge in [0.25, 0.3) is 0 Å². The molecule has 3 rings (SSSR count). The molecule has 0 aromatic heterocycles. The molecule has 0 radical (unpaired) electrons. The molecule has 10 heteroatoms. The van der Waals surface area contributed by atoms with Gasteiger partial charge in [0.2, 0.25) is 5.91 Å². The lowest BCUT2D eigenvalue weighted by molar-refractivity contribution is -0.152. The summed E-state index contributed by atoms with van der Waals surface area (Å²) < 4.78 is 44.6. The number of carbonyl (C=O) groups is 3. The van der Waals surface area contributed by atoms with E-state index >= 15 is 0 Å². The van der Waals surface area contributed by atoms with E-state index in [4.69, 9.17) is 4.74 Å². The minimum absolute atomic E-state index is 0.153. The molecule has 0 saturated heterocycles. The van der Waals surface area contributed by atoms with Crippen molar-refractivity contribution in [1.82, 2.24) is 10.6 Å². The summed E-state index contributed by atoms with van der Waals surface area (Å²) in [5.74, 6) is -2.99. The van der Waals surface area contributed by atoms with E-state index in [0.717, 1.165) is 22.3 Å². The van der Waals surface area contributed by atoms with Crippen molar-refractivity contribution in [2.24, 2.45) is 5.41 Å². The van der Waals surface area contributed by atoms with Crippen LogP contribution in [0.5, 0.6) is 0 Å². The molecular formula is C25H27F3N2O5. The van der Waals surface area contributed by atoms with E-state index in [2.05, 4.69) is 5.32 Å². The Kier molecular flexibility index (Phi) is 7.42. The van der Waals surface area contributed by atoms with E-state index in [1.807, 2.05) is 53.8 Å². The molecule has 2 atom stereocenters. The summed E-state index contributed by atoms with van der Waals surface area (Å²) in [7, 11) is 0. The molecule has 1 aliphatic rings. The number of aliphatic carboxylic acids is 1. The predicted octanol–water partition coefficient (Wildman–Crippen LogP) is 4.46. The van der Waals surface area contributed by atoms with Gasteiger partial charge in [-0.25, -0.2) is 9.59 Å². The van der Waals surface area contributed by atoms with E-state index in [0.29, 0.717) is 0 Å². The third-order valence-corrected chi connectivity index (χ3v) is 5.79. The molecule has 188 valence electrons. The number of benzene rings is 2. The van der Waals surface area contributed by atoms with Crippen LogP contribution in [-0.2, 0) is 14.3 Å². The zero-order valence-corrected chi connectivity index (χ0v) is 19.5. The van der Waals surface area contributed by atoms with Crippen LogP contribution >= 0.6 is 0 Å². The summed E-state index contributed by atoms with van der Waals surface area (Å²) in [4.78, 5) is 36.5. The Hall–Kier alpha value is -3.56. The average molecular weight is 492 g/mol. The molecule has 2 amide bonds. The summed E-state index contributed by atoms with van der Waals surface area (Å²) in [6.07, 6.45) is -7.68. The van der Waals surface area contributed by atoms with Gasteiger partial charge in [-0.15, -0.1) is 0 Å². The summed E-state index contributed by atoms with van der Waals surface area (Å²) in [5, 5.41) is 13.4. The summed E-state index contributed by atoms with van der Waals surface area (Å²) in [5.41, 5.74) is 2.82. The lowest BCUT2D eigenvalue weighted by Gasteiger charge is -2.29. The minimum Gasteiger partial charge on any atom is -0.480 e. The maximum absolute atomic E-state index is 13.1. The third kappa shape index (κ3) is 6.32. The van der Waals surface area contributed by atoms with E-state index in [-0.39, 0.29) is 12.5 Å². The van der Waals surface area contributed by atoms with Crippen LogP contribution in [0.4, 0.5) is 18.0 Å². The molecule has 0 saturated carbocycles. The first-order valence-corrected chi connectivity index (χ1v) is 11.0. The molecule has 0 fully saturated rings. The number of alkyl halides is 3. The number of ether oxygens (including phenoxy) is 1. The normalized spacial score (nSPS) is 14.9. The van der Waals surface area contributed by atoms with Crippen LogP contribution in [-0.4, -0.2) is 47.9 Å². The van der Waals surface area contributed by atoms with Crippen molar-refractivity contribution in [1.29, 1.82) is 0 Å². The SMILES string of the molecule is CC(C)(C)C(NC(=O)C(CC(F)(F)F)NC(=O)OCC1c2ccccc2-c2ccccc21)C(=O)O. The molecule has 1 aliphatic carbocycles. The number of carbonyl (C=O) groups excluding carboxylic acids is 2. The van der Waals surface area contributed by atoms with Crippen molar-refractivity contribution in [3.05, 3.63) is 59.7 Å². The fourth-order valence-electron chi connectivity index (χ4n) is 4.11. The number of halogens is 3. The average Bonchev–Trinajstić information content (AvgIpc) is 3.07. The maximum Gasteiger partial charge on any atom is 0.407 e. The molecule has 0 aliphatic heterocycles. The Balaban J connectivity index is 1.72. The molecule has 3 N–H and O–H groups in total. The quantitative estimate of drug-likeness (QED) is 0.529. The van der Waals surface area contributed by atoms with Crippen LogP contribution in [0.15, 0.2) is 48.5 Å². The highest BCUT2D eigenvalue weighted by Crippen LogP contribution is 2.44. The number of alkyl carbamates (subject to hydrolysis) is 1. The van der Waals surface area contributed by atoms with Gasteiger partial charge >= 0.3 is 18.2 Å². The second kappa shape index (κ2) is 9.97. The van der Waals surface area contributed by atoms with Crippen molar-refractivity contribution in [2.75, 3.05) is 6.61 Å². The van der Waals surface area contributed by atoms with E-state index in [1.165, 1.54) is 20.8 Å². The number of rotatable bonds is 7. The van der Waals surface area contributed by atoms with Crippen molar-refractivity contribution in [2.45, 2.75) is 51.4 Å². The number of nitrogens with one attached hydrogen (secondary N) is 2. The van der Waals surface area contributed by atoms with E-state index in [9.17, 15) is 32.7 Å². The van der Waals surface area contributed by atoms with Gasteiger partial charge in [-0.05, 0) is 27.7 Å². The molecule has 0 spiro atoms. The number of amides is 2. The summed E-state index contributed by atoms with van der Waals surface area (Å²) in [6, 6.07) is 11.6. The van der Waals surface area contributed by atoms with Gasteiger partial charge < -0.3 is 20.5 Å². The van der Waals surface area contributed by atoms with E-state index < -0.39 is 48.1 Å². The minimum atomic E-state index is -4.79. The highest BCUT2D eigenvalue weighted by atomic mass is 19.4. The van der Waals surface area contributed by atoms with Crippen LogP contribution in [0.2, 0.25) is 0 Å². The smallest absolute Gasteiger partial charge is 0.407 e. The topological polar surface area (TPSA) is 105 Å². The van der Waals surface area contributed by atoms with Gasteiger partial charge in [0.05, 0.1) is 6.42 Å². The molecule has 2 unspecified atom stereocenters. The van der Waals surface area contributed by atoms with Gasteiger partial charge in [0, 0.05) is 5.92 Å². The van der Waals surface area contributed by atoms with Gasteiger partial charge in [0.15, 0.2) is 0 Å². The first kappa shape index (κ1) is 26.1. The summed E-state index contributed by atoms with van der Waals surface area (Å²) in [6.45, 7) is 4.40. The Labute approximate surface area is 200 Å². The lowest BCUT2D eigenvalue weighted by atomic mass is 9.86. The number of carboxylic acid groups (broad SMARTS) is 1. The Morgan fingerprint density at radius 3 is 1.91 bits per heavy atom. The van der Waals surface area contributed by atoms with Gasteiger partial charge in [-0.3, -0.25) is 4.79 Å². The second-order valence-electron chi connectivity index (χ2n) is 9.49. The fourth-order valence-corrected chi connectivity index (χ4v) is 4.11. The van der Waals surface area contributed by atoms with Gasteiger partial charge in [-0.1, -0.05) is 69.3 Å². The third-order valence-electron chi connectivity index (χ3n) is 5.79. The summed E-state index contributed by atoms with van der Waals surface area (Å²) >= 11 is 0. The van der Waals surface area contributed by atoms with Crippen molar-refractivity contribution in [3.8, 4) is 11.1 Å². The Morgan fingerprint density at radius 2 is 1.46 bits per heavy atom. The number of hydrogen-bond acceptors (Lipinski definition) is 4. The first-order chi connectivity index (χ1) is 16.3. The molecule has 7 nitrogen and oxygen atoms in total. The van der Waals surface area contributed by atoms with Crippen molar-refractivity contribution < 1.29 is 37.4 Å². The Bertz CT molecular complexity index is 1070. The number of carboxylic acids is 1. The van der Waals surface area contributed by atoms with Crippen LogP contribution in [0, 0.1) is 5.41 Å².